The average molecular weight is 227 g/mol. The van der Waals surface area contributed by atoms with Crippen molar-refractivity contribution in [1.82, 2.24) is 9.80 Å². The molecule has 0 radical (unpaired) electrons. The van der Waals surface area contributed by atoms with E-state index in [9.17, 15) is 0 Å². The third-order valence-corrected chi connectivity index (χ3v) is 3.62. The van der Waals surface area contributed by atoms with Gasteiger partial charge in [0.2, 0.25) is 0 Å². The van der Waals surface area contributed by atoms with E-state index in [-0.39, 0.29) is 6.61 Å². The molecule has 1 saturated carbocycles. The second-order valence-corrected chi connectivity index (χ2v) is 5.83. The number of rotatable bonds is 5. The van der Waals surface area contributed by atoms with Gasteiger partial charge in [0.05, 0.1) is 6.61 Å². The van der Waals surface area contributed by atoms with Crippen LogP contribution in [0.15, 0.2) is 0 Å². The first-order valence-electron chi connectivity index (χ1n) is 6.43. The number of hydrogen-bond donors (Lipinski definition) is 2. The van der Waals surface area contributed by atoms with Gasteiger partial charge >= 0.3 is 0 Å². The number of piperazine rings is 1. The molecule has 2 rings (SSSR count). The molecule has 0 aromatic heterocycles. The third kappa shape index (κ3) is 3.70. The maximum Gasteiger partial charge on any atom is 0.0621 e. The molecule has 0 bridgehead atoms. The van der Waals surface area contributed by atoms with Crippen molar-refractivity contribution in [3.8, 4) is 0 Å². The molecule has 0 aromatic carbocycles. The van der Waals surface area contributed by atoms with Crippen LogP contribution in [0.3, 0.4) is 0 Å². The summed E-state index contributed by atoms with van der Waals surface area (Å²) in [5.74, 6) is 0.990. The number of aliphatic hydroxyl groups excluding tert-OH is 1. The molecule has 4 heteroatoms. The van der Waals surface area contributed by atoms with Gasteiger partial charge in [-0.3, -0.25) is 4.90 Å². The van der Waals surface area contributed by atoms with Crippen molar-refractivity contribution in [2.45, 2.75) is 25.3 Å². The molecular weight excluding hydrogens is 202 g/mol. The van der Waals surface area contributed by atoms with Gasteiger partial charge in [-0.1, -0.05) is 0 Å². The first-order valence-corrected chi connectivity index (χ1v) is 6.43. The summed E-state index contributed by atoms with van der Waals surface area (Å²) < 4.78 is 0. The zero-order valence-corrected chi connectivity index (χ0v) is 10.4. The Morgan fingerprint density at radius 2 is 1.75 bits per heavy atom. The van der Waals surface area contributed by atoms with Crippen molar-refractivity contribution in [2.24, 2.45) is 11.7 Å². The van der Waals surface area contributed by atoms with Crippen LogP contribution in [-0.2, 0) is 0 Å². The second kappa shape index (κ2) is 5.00. The average Bonchev–Trinajstić information content (AvgIpc) is 3.05. The lowest BCUT2D eigenvalue weighted by Crippen LogP contribution is -2.55. The summed E-state index contributed by atoms with van der Waals surface area (Å²) in [5.41, 5.74) is 5.52. The van der Waals surface area contributed by atoms with Crippen LogP contribution in [0.25, 0.3) is 0 Å². The highest BCUT2D eigenvalue weighted by Gasteiger charge is 2.28. The van der Waals surface area contributed by atoms with Gasteiger partial charge in [0.1, 0.15) is 0 Å². The first kappa shape index (κ1) is 12.3. The van der Waals surface area contributed by atoms with Crippen molar-refractivity contribution in [2.75, 3.05) is 45.9 Å². The van der Waals surface area contributed by atoms with Crippen LogP contribution in [0.1, 0.15) is 19.8 Å². The van der Waals surface area contributed by atoms with E-state index in [2.05, 4.69) is 9.80 Å². The summed E-state index contributed by atoms with van der Waals surface area (Å²) in [7, 11) is 0. The quantitative estimate of drug-likeness (QED) is 0.678. The minimum absolute atomic E-state index is 0.0648. The monoisotopic (exact) mass is 227 g/mol. The molecule has 16 heavy (non-hydrogen) atoms. The Bertz CT molecular complexity index is 220. The molecule has 94 valence electrons. The Hall–Kier alpha value is -0.160. The Labute approximate surface area is 98.4 Å². The lowest BCUT2D eigenvalue weighted by Gasteiger charge is -2.38. The van der Waals surface area contributed by atoms with Crippen LogP contribution < -0.4 is 5.73 Å². The molecule has 2 aliphatic rings. The zero-order chi connectivity index (χ0) is 11.6. The lowest BCUT2D eigenvalue weighted by molar-refractivity contribution is 0.0913. The van der Waals surface area contributed by atoms with E-state index < -0.39 is 5.54 Å². The van der Waals surface area contributed by atoms with Crippen molar-refractivity contribution < 1.29 is 5.11 Å². The van der Waals surface area contributed by atoms with Gasteiger partial charge in [0.15, 0.2) is 0 Å². The van der Waals surface area contributed by atoms with Crippen LogP contribution in [-0.4, -0.2) is 66.3 Å². The minimum Gasteiger partial charge on any atom is -0.394 e. The van der Waals surface area contributed by atoms with Gasteiger partial charge in [0.25, 0.3) is 0 Å². The molecule has 1 heterocycles. The number of nitrogens with zero attached hydrogens (tertiary/aromatic N) is 2. The summed E-state index contributed by atoms with van der Waals surface area (Å²) in [6.45, 7) is 8.61. The third-order valence-electron chi connectivity index (χ3n) is 3.62. The maximum atomic E-state index is 9.14. The van der Waals surface area contributed by atoms with Crippen LogP contribution >= 0.6 is 0 Å². The minimum atomic E-state index is -0.446. The number of nitrogens with two attached hydrogens (primary N) is 1. The highest BCUT2D eigenvalue weighted by atomic mass is 16.3. The van der Waals surface area contributed by atoms with Crippen molar-refractivity contribution in [3.05, 3.63) is 0 Å². The van der Waals surface area contributed by atoms with E-state index in [4.69, 9.17) is 10.8 Å². The molecule has 0 amide bonds. The van der Waals surface area contributed by atoms with Crippen LogP contribution in [0.2, 0.25) is 0 Å². The molecule has 0 spiro atoms. The van der Waals surface area contributed by atoms with Crippen molar-refractivity contribution in [1.29, 1.82) is 0 Å². The highest BCUT2D eigenvalue weighted by molar-refractivity contribution is 4.85. The predicted octanol–water partition coefficient (Wildman–Crippen LogP) is -0.276. The molecule has 1 saturated heterocycles. The fraction of sp³-hybridized carbons (Fsp3) is 1.00. The molecule has 2 fully saturated rings. The predicted molar refractivity (Wildman–Crippen MR) is 65.3 cm³/mol. The summed E-state index contributed by atoms with van der Waals surface area (Å²) in [6.07, 6.45) is 2.87. The smallest absolute Gasteiger partial charge is 0.0621 e. The SMILES string of the molecule is CC(N)(CO)CN1CCN(CC2CC2)CC1. The molecule has 1 aliphatic carbocycles. The van der Waals surface area contributed by atoms with Gasteiger partial charge in [-0.15, -0.1) is 0 Å². The topological polar surface area (TPSA) is 52.7 Å². The van der Waals surface area contributed by atoms with Crippen LogP contribution in [0.4, 0.5) is 0 Å². The summed E-state index contributed by atoms with van der Waals surface area (Å²) >= 11 is 0. The standard InChI is InChI=1S/C12H25N3O/c1-12(13,10-16)9-15-6-4-14(5-7-15)8-11-2-3-11/h11,16H,2-10,13H2,1H3. The Balaban J connectivity index is 1.67. The van der Waals surface area contributed by atoms with Gasteiger partial charge in [0, 0.05) is 44.8 Å². The molecule has 1 atom stereocenters. The maximum absolute atomic E-state index is 9.14. The van der Waals surface area contributed by atoms with Gasteiger partial charge in [-0.25, -0.2) is 0 Å². The zero-order valence-electron chi connectivity index (χ0n) is 10.4. The Morgan fingerprint density at radius 3 is 2.25 bits per heavy atom. The molecule has 1 aliphatic heterocycles. The molecule has 0 aromatic rings. The molecule has 3 N–H and O–H groups in total. The largest absolute Gasteiger partial charge is 0.394 e. The lowest BCUT2D eigenvalue weighted by atomic mass is 10.0. The Morgan fingerprint density at radius 1 is 1.19 bits per heavy atom. The summed E-state index contributed by atoms with van der Waals surface area (Å²) in [4.78, 5) is 4.95. The van der Waals surface area contributed by atoms with Gasteiger partial charge in [-0.05, 0) is 25.7 Å². The highest BCUT2D eigenvalue weighted by Crippen LogP contribution is 2.29. The Kier molecular flexibility index (Phi) is 3.85. The molecule has 4 nitrogen and oxygen atoms in total. The number of hydrogen-bond acceptors (Lipinski definition) is 4. The second-order valence-electron chi connectivity index (χ2n) is 5.83. The first-order chi connectivity index (χ1) is 7.59. The molecular formula is C12H25N3O. The fourth-order valence-electron chi connectivity index (χ4n) is 2.36. The summed E-state index contributed by atoms with van der Waals surface area (Å²) in [5, 5.41) is 9.14. The van der Waals surface area contributed by atoms with E-state index in [0.717, 1.165) is 38.6 Å². The van der Waals surface area contributed by atoms with E-state index in [1.54, 1.807) is 0 Å². The van der Waals surface area contributed by atoms with Crippen molar-refractivity contribution >= 4 is 0 Å². The van der Waals surface area contributed by atoms with Gasteiger partial charge < -0.3 is 15.7 Å². The van der Waals surface area contributed by atoms with E-state index in [1.165, 1.54) is 19.4 Å². The van der Waals surface area contributed by atoms with Crippen molar-refractivity contribution in [3.63, 3.8) is 0 Å². The van der Waals surface area contributed by atoms with E-state index in [1.807, 2.05) is 6.92 Å². The normalized spacial score (nSPS) is 27.9. The molecule has 1 unspecified atom stereocenters. The van der Waals surface area contributed by atoms with Crippen LogP contribution in [0, 0.1) is 5.92 Å². The number of aliphatic hydroxyl groups is 1. The van der Waals surface area contributed by atoms with Crippen LogP contribution in [0.5, 0.6) is 0 Å². The summed E-state index contributed by atoms with van der Waals surface area (Å²) in [6, 6.07) is 0. The van der Waals surface area contributed by atoms with Gasteiger partial charge in [-0.2, -0.15) is 0 Å². The van der Waals surface area contributed by atoms with E-state index in [0.29, 0.717) is 0 Å². The van der Waals surface area contributed by atoms with E-state index >= 15 is 0 Å². The fourth-order valence-corrected chi connectivity index (χ4v) is 2.36.